The fraction of sp³-hybridized carbons (Fsp3) is 0.625. The van der Waals surface area contributed by atoms with Gasteiger partial charge in [-0.1, -0.05) is 57.0 Å². The molecule has 1 aliphatic rings. The minimum atomic E-state index is -0.180. The third-order valence-corrected chi connectivity index (χ3v) is 4.30. The maximum atomic E-state index is 10.5. The lowest BCUT2D eigenvalue weighted by molar-refractivity contribution is 0.0537. The summed E-state index contributed by atoms with van der Waals surface area (Å²) in [5.41, 5.74) is 1.26. The van der Waals surface area contributed by atoms with Gasteiger partial charge in [0.25, 0.3) is 0 Å². The lowest BCUT2D eigenvalue weighted by Crippen LogP contribution is -2.30. The van der Waals surface area contributed by atoms with Crippen LogP contribution in [0.15, 0.2) is 30.3 Å². The van der Waals surface area contributed by atoms with E-state index in [0.717, 1.165) is 5.92 Å². The first-order valence-corrected chi connectivity index (χ1v) is 6.91. The summed E-state index contributed by atoms with van der Waals surface area (Å²) in [5, 5.41) is 10.5. The molecule has 17 heavy (non-hydrogen) atoms. The molecule has 1 nitrogen and oxygen atoms in total. The van der Waals surface area contributed by atoms with Crippen molar-refractivity contribution >= 4 is 0 Å². The Morgan fingerprint density at radius 3 is 2.53 bits per heavy atom. The maximum Gasteiger partial charge on any atom is 0.0634 e. The molecule has 1 aromatic rings. The molecule has 1 saturated carbocycles. The SMILES string of the molecule is CC1CCCC(C(O)C(C)c2ccccc2)C1. The number of hydrogen-bond acceptors (Lipinski definition) is 1. The van der Waals surface area contributed by atoms with Crippen molar-refractivity contribution in [2.24, 2.45) is 11.8 Å². The highest BCUT2D eigenvalue weighted by molar-refractivity contribution is 5.20. The minimum Gasteiger partial charge on any atom is -0.392 e. The summed E-state index contributed by atoms with van der Waals surface area (Å²) in [4.78, 5) is 0. The summed E-state index contributed by atoms with van der Waals surface area (Å²) in [7, 11) is 0. The van der Waals surface area contributed by atoms with Crippen molar-refractivity contribution in [3.63, 3.8) is 0 Å². The van der Waals surface area contributed by atoms with E-state index in [-0.39, 0.29) is 12.0 Å². The van der Waals surface area contributed by atoms with Gasteiger partial charge in [0.05, 0.1) is 6.10 Å². The highest BCUT2D eigenvalue weighted by Gasteiger charge is 2.29. The van der Waals surface area contributed by atoms with Crippen LogP contribution in [-0.4, -0.2) is 11.2 Å². The Hall–Kier alpha value is -0.820. The van der Waals surface area contributed by atoms with E-state index >= 15 is 0 Å². The first-order chi connectivity index (χ1) is 8.18. The highest BCUT2D eigenvalue weighted by atomic mass is 16.3. The molecule has 2 rings (SSSR count). The van der Waals surface area contributed by atoms with Crippen molar-refractivity contribution in [2.75, 3.05) is 0 Å². The normalized spacial score (nSPS) is 28.6. The molecule has 94 valence electrons. The molecule has 0 heterocycles. The Kier molecular flexibility index (Phi) is 4.22. The molecule has 1 aliphatic carbocycles. The van der Waals surface area contributed by atoms with Gasteiger partial charge in [-0.05, 0) is 30.2 Å². The van der Waals surface area contributed by atoms with Gasteiger partial charge in [-0.25, -0.2) is 0 Å². The molecular weight excluding hydrogens is 208 g/mol. The van der Waals surface area contributed by atoms with Crippen LogP contribution in [0.1, 0.15) is 51.0 Å². The molecule has 0 aromatic heterocycles. The van der Waals surface area contributed by atoms with Gasteiger partial charge in [-0.3, -0.25) is 0 Å². The lowest BCUT2D eigenvalue weighted by Gasteiger charge is -2.33. The van der Waals surface area contributed by atoms with Crippen LogP contribution in [0, 0.1) is 11.8 Å². The van der Waals surface area contributed by atoms with Crippen LogP contribution in [-0.2, 0) is 0 Å². The van der Waals surface area contributed by atoms with Crippen molar-refractivity contribution in [3.05, 3.63) is 35.9 Å². The summed E-state index contributed by atoms with van der Waals surface area (Å²) in [6.07, 6.45) is 4.83. The van der Waals surface area contributed by atoms with Gasteiger partial charge in [0.15, 0.2) is 0 Å². The van der Waals surface area contributed by atoms with Gasteiger partial charge in [0.2, 0.25) is 0 Å². The molecule has 0 amide bonds. The van der Waals surface area contributed by atoms with E-state index in [4.69, 9.17) is 0 Å². The Morgan fingerprint density at radius 1 is 1.18 bits per heavy atom. The van der Waals surface area contributed by atoms with Crippen molar-refractivity contribution in [2.45, 2.75) is 51.6 Å². The summed E-state index contributed by atoms with van der Waals surface area (Å²) in [6, 6.07) is 10.4. The van der Waals surface area contributed by atoms with Crippen molar-refractivity contribution in [1.29, 1.82) is 0 Å². The van der Waals surface area contributed by atoms with Crippen LogP contribution in [0.3, 0.4) is 0 Å². The monoisotopic (exact) mass is 232 g/mol. The maximum absolute atomic E-state index is 10.5. The van der Waals surface area contributed by atoms with Gasteiger partial charge >= 0.3 is 0 Å². The average molecular weight is 232 g/mol. The first kappa shape index (κ1) is 12.6. The third kappa shape index (κ3) is 3.10. The molecule has 0 aliphatic heterocycles. The van der Waals surface area contributed by atoms with Crippen LogP contribution in [0.5, 0.6) is 0 Å². The van der Waals surface area contributed by atoms with E-state index in [1.807, 2.05) is 6.07 Å². The van der Waals surface area contributed by atoms with Gasteiger partial charge in [-0.15, -0.1) is 0 Å². The quantitative estimate of drug-likeness (QED) is 0.836. The van der Waals surface area contributed by atoms with E-state index < -0.39 is 0 Å². The Morgan fingerprint density at radius 2 is 1.88 bits per heavy atom. The molecule has 0 saturated heterocycles. The fourth-order valence-corrected chi connectivity index (χ4v) is 3.15. The third-order valence-electron chi connectivity index (χ3n) is 4.30. The van der Waals surface area contributed by atoms with Crippen molar-refractivity contribution < 1.29 is 5.11 Å². The van der Waals surface area contributed by atoms with Crippen LogP contribution in [0.25, 0.3) is 0 Å². The second-order valence-corrected chi connectivity index (χ2v) is 5.72. The van der Waals surface area contributed by atoms with E-state index in [1.54, 1.807) is 0 Å². The summed E-state index contributed by atoms with van der Waals surface area (Å²) in [5.74, 6) is 1.53. The van der Waals surface area contributed by atoms with E-state index in [1.165, 1.54) is 31.2 Å². The molecule has 1 fully saturated rings. The predicted molar refractivity (Wildman–Crippen MR) is 72.0 cm³/mol. The molecule has 4 atom stereocenters. The number of aliphatic hydroxyl groups excluding tert-OH is 1. The number of hydrogen-bond donors (Lipinski definition) is 1. The van der Waals surface area contributed by atoms with Gasteiger partial charge < -0.3 is 5.11 Å². The molecule has 0 radical (unpaired) electrons. The van der Waals surface area contributed by atoms with Gasteiger partial charge in [0.1, 0.15) is 0 Å². The summed E-state index contributed by atoms with van der Waals surface area (Å²) >= 11 is 0. The first-order valence-electron chi connectivity index (χ1n) is 6.91. The lowest BCUT2D eigenvalue weighted by atomic mass is 9.75. The molecule has 1 aromatic carbocycles. The molecule has 4 unspecified atom stereocenters. The number of benzene rings is 1. The minimum absolute atomic E-state index is 0.180. The fourth-order valence-electron chi connectivity index (χ4n) is 3.15. The number of aliphatic hydroxyl groups is 1. The highest BCUT2D eigenvalue weighted by Crippen LogP contribution is 2.35. The largest absolute Gasteiger partial charge is 0.392 e. The average Bonchev–Trinajstić information content (AvgIpc) is 2.38. The zero-order valence-electron chi connectivity index (χ0n) is 11.0. The standard InChI is InChI=1S/C16H24O/c1-12-7-6-10-15(11-12)16(17)13(2)14-8-4-3-5-9-14/h3-5,8-9,12-13,15-17H,6-7,10-11H2,1-2H3. The van der Waals surface area contributed by atoms with Crippen LogP contribution < -0.4 is 0 Å². The summed E-state index contributed by atoms with van der Waals surface area (Å²) < 4.78 is 0. The zero-order chi connectivity index (χ0) is 12.3. The second-order valence-electron chi connectivity index (χ2n) is 5.72. The van der Waals surface area contributed by atoms with E-state index in [2.05, 4.69) is 38.1 Å². The Balaban J connectivity index is 2.01. The Labute approximate surface area is 105 Å². The summed E-state index contributed by atoms with van der Waals surface area (Å²) in [6.45, 7) is 4.46. The smallest absolute Gasteiger partial charge is 0.0634 e. The van der Waals surface area contributed by atoms with Crippen LogP contribution in [0.2, 0.25) is 0 Å². The molecule has 1 N–H and O–H groups in total. The molecule has 1 heteroatoms. The second kappa shape index (κ2) is 5.68. The van der Waals surface area contributed by atoms with Gasteiger partial charge in [0, 0.05) is 5.92 Å². The molecular formula is C16H24O. The van der Waals surface area contributed by atoms with Crippen LogP contribution >= 0.6 is 0 Å². The van der Waals surface area contributed by atoms with E-state index in [9.17, 15) is 5.11 Å². The van der Waals surface area contributed by atoms with E-state index in [0.29, 0.717) is 5.92 Å². The predicted octanol–water partition coefficient (Wildman–Crippen LogP) is 3.98. The van der Waals surface area contributed by atoms with Gasteiger partial charge in [-0.2, -0.15) is 0 Å². The molecule has 0 spiro atoms. The van der Waals surface area contributed by atoms with Crippen molar-refractivity contribution in [1.82, 2.24) is 0 Å². The number of rotatable bonds is 3. The Bertz CT molecular complexity index is 333. The van der Waals surface area contributed by atoms with Crippen molar-refractivity contribution in [3.8, 4) is 0 Å². The topological polar surface area (TPSA) is 20.2 Å². The zero-order valence-corrected chi connectivity index (χ0v) is 11.0. The molecule has 0 bridgehead atoms. The van der Waals surface area contributed by atoms with Crippen LogP contribution in [0.4, 0.5) is 0 Å².